The summed E-state index contributed by atoms with van der Waals surface area (Å²) in [5.74, 6) is 4.44. The third-order valence-corrected chi connectivity index (χ3v) is 2.91. The quantitative estimate of drug-likeness (QED) is 0.241. The molecule has 14 heavy (non-hydrogen) atoms. The van der Waals surface area contributed by atoms with E-state index in [2.05, 4.69) is 10.7 Å². The molecule has 0 saturated heterocycles. The number of nitrogens with one attached hydrogen (secondary N) is 2. The summed E-state index contributed by atoms with van der Waals surface area (Å²) in [6.45, 7) is 0. The maximum Gasteiger partial charge on any atom is 0.259 e. The Morgan fingerprint density at radius 2 is 1.64 bits per heavy atom. The molecule has 0 atom stereocenters. The molecule has 2 fully saturated rings. The molecule has 2 rings (SSSR count). The van der Waals surface area contributed by atoms with E-state index in [-0.39, 0.29) is 11.8 Å². The average Bonchev–Trinajstić information content (AvgIpc) is 3.03. The molecule has 2 aliphatic carbocycles. The molecule has 0 spiro atoms. The predicted molar refractivity (Wildman–Crippen MR) is 48.6 cm³/mol. The first-order valence-corrected chi connectivity index (χ1v) is 4.65. The van der Waals surface area contributed by atoms with Crippen molar-refractivity contribution in [1.29, 1.82) is 0 Å². The van der Waals surface area contributed by atoms with Gasteiger partial charge in [-0.3, -0.25) is 15.0 Å². The fourth-order valence-corrected chi connectivity index (χ4v) is 1.38. The molecule has 6 heteroatoms. The first-order chi connectivity index (χ1) is 6.52. The van der Waals surface area contributed by atoms with Crippen LogP contribution in [0.5, 0.6) is 0 Å². The highest BCUT2D eigenvalue weighted by Crippen LogP contribution is 2.39. The van der Waals surface area contributed by atoms with Gasteiger partial charge in [-0.15, -0.1) is 0 Å². The Morgan fingerprint density at radius 1 is 1.07 bits per heavy atom. The number of nitrogens with two attached hydrogens (primary N) is 2. The predicted octanol–water partition coefficient (Wildman–Crippen LogP) is -1.88. The number of carbonyl (C=O) groups excluding carboxylic acids is 2. The molecule has 0 aromatic carbocycles. The molecule has 0 bridgehead atoms. The van der Waals surface area contributed by atoms with E-state index < -0.39 is 11.1 Å². The smallest absolute Gasteiger partial charge is 0.259 e. The highest BCUT2D eigenvalue weighted by Gasteiger charge is 2.55. The second-order valence-electron chi connectivity index (χ2n) is 4.17. The van der Waals surface area contributed by atoms with Crippen LogP contribution in [0.2, 0.25) is 0 Å². The van der Waals surface area contributed by atoms with Gasteiger partial charge in [0.15, 0.2) is 0 Å². The van der Waals surface area contributed by atoms with E-state index in [0.29, 0.717) is 25.7 Å². The largest absolute Gasteiger partial charge is 0.340 e. The minimum atomic E-state index is -0.777. The van der Waals surface area contributed by atoms with Crippen LogP contribution in [0, 0.1) is 0 Å². The van der Waals surface area contributed by atoms with Crippen LogP contribution in [0.15, 0.2) is 0 Å². The fraction of sp³-hybridized carbons (Fsp3) is 0.750. The minimum Gasteiger partial charge on any atom is -0.340 e. The normalized spacial score (nSPS) is 25.0. The highest BCUT2D eigenvalue weighted by atomic mass is 16.2. The average molecular weight is 198 g/mol. The van der Waals surface area contributed by atoms with Crippen LogP contribution < -0.4 is 22.3 Å². The topological polar surface area (TPSA) is 110 Å². The van der Waals surface area contributed by atoms with Gasteiger partial charge < -0.3 is 11.1 Å². The van der Waals surface area contributed by atoms with Crippen LogP contribution in [0.1, 0.15) is 25.7 Å². The lowest BCUT2D eigenvalue weighted by Crippen LogP contribution is -2.55. The van der Waals surface area contributed by atoms with Gasteiger partial charge in [0, 0.05) is 0 Å². The van der Waals surface area contributed by atoms with Gasteiger partial charge in [0.1, 0.15) is 5.54 Å². The summed E-state index contributed by atoms with van der Waals surface area (Å²) in [5, 5.41) is 2.66. The molecule has 0 aromatic heterocycles. The summed E-state index contributed by atoms with van der Waals surface area (Å²) >= 11 is 0. The van der Waals surface area contributed by atoms with Gasteiger partial charge in [-0.25, -0.2) is 5.84 Å². The summed E-state index contributed by atoms with van der Waals surface area (Å²) in [6, 6.07) is 0. The Labute approximate surface area is 81.4 Å². The lowest BCUT2D eigenvalue weighted by atomic mass is 10.2. The van der Waals surface area contributed by atoms with Crippen LogP contribution in [-0.2, 0) is 9.59 Å². The number of carbonyl (C=O) groups is 2. The molecular formula is C8H14N4O2. The molecule has 0 radical (unpaired) electrons. The van der Waals surface area contributed by atoms with Crippen molar-refractivity contribution in [2.75, 3.05) is 0 Å². The van der Waals surface area contributed by atoms with Crippen molar-refractivity contribution in [3.8, 4) is 0 Å². The molecule has 0 aromatic rings. The van der Waals surface area contributed by atoms with Crippen LogP contribution in [0.25, 0.3) is 0 Å². The molecule has 2 saturated carbocycles. The van der Waals surface area contributed by atoms with Crippen molar-refractivity contribution < 1.29 is 9.59 Å². The Bertz CT molecular complexity index is 294. The van der Waals surface area contributed by atoms with Gasteiger partial charge in [0.25, 0.3) is 5.91 Å². The second kappa shape index (κ2) is 2.68. The Hall–Kier alpha value is -1.14. The number of hydrogen-bond acceptors (Lipinski definition) is 4. The van der Waals surface area contributed by atoms with Crippen LogP contribution in [0.3, 0.4) is 0 Å². The maximum absolute atomic E-state index is 11.5. The maximum atomic E-state index is 11.5. The molecule has 0 aliphatic heterocycles. The van der Waals surface area contributed by atoms with E-state index >= 15 is 0 Å². The van der Waals surface area contributed by atoms with Gasteiger partial charge in [-0.05, 0) is 25.7 Å². The molecule has 2 aliphatic rings. The third-order valence-electron chi connectivity index (χ3n) is 2.91. The van der Waals surface area contributed by atoms with E-state index in [1.165, 1.54) is 0 Å². The molecule has 6 N–H and O–H groups in total. The standard InChI is InChI=1S/C8H14N4O2/c9-7(1-2-7)5(13)11-8(3-4-8)6(14)12-10/h1-4,9-10H2,(H,11,13)(H,12,14). The molecule has 0 heterocycles. The van der Waals surface area contributed by atoms with E-state index in [4.69, 9.17) is 11.6 Å². The van der Waals surface area contributed by atoms with Crippen molar-refractivity contribution in [1.82, 2.24) is 10.7 Å². The highest BCUT2D eigenvalue weighted by molar-refractivity contribution is 5.97. The third kappa shape index (κ3) is 1.36. The first kappa shape index (κ1) is 9.42. The zero-order valence-electron chi connectivity index (χ0n) is 7.80. The van der Waals surface area contributed by atoms with E-state index in [1.54, 1.807) is 0 Å². The lowest BCUT2D eigenvalue weighted by Gasteiger charge is -2.17. The monoisotopic (exact) mass is 198 g/mol. The molecule has 0 unspecified atom stereocenters. The number of rotatable bonds is 3. The van der Waals surface area contributed by atoms with Crippen molar-refractivity contribution in [2.24, 2.45) is 11.6 Å². The Balaban J connectivity index is 1.97. The number of hydrazine groups is 1. The van der Waals surface area contributed by atoms with Crippen molar-refractivity contribution in [2.45, 2.75) is 36.8 Å². The van der Waals surface area contributed by atoms with Crippen molar-refractivity contribution in [3.05, 3.63) is 0 Å². The zero-order valence-corrected chi connectivity index (χ0v) is 7.80. The Kier molecular flexibility index (Phi) is 1.80. The molecule has 2 amide bonds. The molecule has 78 valence electrons. The van der Waals surface area contributed by atoms with Gasteiger partial charge in [0.2, 0.25) is 5.91 Å². The number of hydrogen-bond donors (Lipinski definition) is 4. The molecular weight excluding hydrogens is 184 g/mol. The van der Waals surface area contributed by atoms with E-state index in [1.807, 2.05) is 0 Å². The summed E-state index contributed by atoms with van der Waals surface area (Å²) in [6.07, 6.45) is 2.66. The first-order valence-electron chi connectivity index (χ1n) is 4.65. The van der Waals surface area contributed by atoms with Crippen molar-refractivity contribution >= 4 is 11.8 Å². The summed E-state index contributed by atoms with van der Waals surface area (Å²) in [4.78, 5) is 22.8. The summed E-state index contributed by atoms with van der Waals surface area (Å²) < 4.78 is 0. The van der Waals surface area contributed by atoms with Crippen molar-refractivity contribution in [3.63, 3.8) is 0 Å². The lowest BCUT2D eigenvalue weighted by molar-refractivity contribution is -0.131. The summed E-state index contributed by atoms with van der Waals surface area (Å²) in [7, 11) is 0. The summed E-state index contributed by atoms with van der Waals surface area (Å²) in [5.41, 5.74) is 6.23. The van der Waals surface area contributed by atoms with Crippen LogP contribution in [0.4, 0.5) is 0 Å². The Morgan fingerprint density at radius 3 is 2.00 bits per heavy atom. The van der Waals surface area contributed by atoms with Crippen LogP contribution in [-0.4, -0.2) is 22.9 Å². The van der Waals surface area contributed by atoms with Crippen LogP contribution >= 0.6 is 0 Å². The fourth-order valence-electron chi connectivity index (χ4n) is 1.38. The minimum absolute atomic E-state index is 0.237. The number of amides is 2. The van der Waals surface area contributed by atoms with E-state index in [9.17, 15) is 9.59 Å². The van der Waals surface area contributed by atoms with Gasteiger partial charge in [0.05, 0.1) is 5.54 Å². The SMILES string of the molecule is NNC(=O)C1(NC(=O)C2(N)CC2)CC1. The second-order valence-corrected chi connectivity index (χ2v) is 4.17. The van der Waals surface area contributed by atoms with Gasteiger partial charge >= 0.3 is 0 Å². The zero-order chi connectivity index (χ0) is 10.4. The molecule has 6 nitrogen and oxygen atoms in total. The van der Waals surface area contributed by atoms with Gasteiger partial charge in [-0.2, -0.15) is 0 Å². The van der Waals surface area contributed by atoms with E-state index in [0.717, 1.165) is 0 Å². The van der Waals surface area contributed by atoms with Gasteiger partial charge in [-0.1, -0.05) is 0 Å².